The summed E-state index contributed by atoms with van der Waals surface area (Å²) in [4.78, 5) is 0. The van der Waals surface area contributed by atoms with Crippen LogP contribution in [0.5, 0.6) is 0 Å². The van der Waals surface area contributed by atoms with E-state index < -0.39 is 0 Å². The first-order valence-electron chi connectivity index (χ1n) is 3.70. The van der Waals surface area contributed by atoms with E-state index in [0.717, 1.165) is 12.2 Å². The molecule has 0 aromatic rings. The third-order valence-electron chi connectivity index (χ3n) is 1.32. The van der Waals surface area contributed by atoms with Crippen molar-refractivity contribution in [2.75, 3.05) is 6.61 Å². The second kappa shape index (κ2) is 4.56. The molecular weight excluding hydrogens is 136 g/mol. The van der Waals surface area contributed by atoms with Crippen molar-refractivity contribution in [2.24, 2.45) is 0 Å². The molecule has 0 aliphatic heterocycles. The van der Waals surface area contributed by atoms with Gasteiger partial charge in [-0.2, -0.15) is 0 Å². The van der Waals surface area contributed by atoms with Crippen LogP contribution in [0.2, 0.25) is 0 Å². The molecule has 0 aromatic heterocycles. The minimum atomic E-state index is 0.573. The molecule has 1 heteroatoms. The predicted molar refractivity (Wildman–Crippen MR) is 47.1 cm³/mol. The molecule has 0 amide bonds. The zero-order valence-electron chi connectivity index (χ0n) is 6.49. The summed E-state index contributed by atoms with van der Waals surface area (Å²) in [5.74, 6) is 0.902. The maximum Gasteiger partial charge on any atom is 0.119 e. The Morgan fingerprint density at radius 2 is 2.45 bits per heavy atom. The van der Waals surface area contributed by atoms with Gasteiger partial charge >= 0.3 is 0 Å². The van der Waals surface area contributed by atoms with Crippen molar-refractivity contribution < 1.29 is 4.74 Å². The van der Waals surface area contributed by atoms with Gasteiger partial charge in [0.1, 0.15) is 12.4 Å². The van der Waals surface area contributed by atoms with Crippen LogP contribution in [-0.2, 0) is 4.74 Å². The van der Waals surface area contributed by atoms with Gasteiger partial charge in [0.25, 0.3) is 0 Å². The maximum atomic E-state index is 5.32. The first-order valence-corrected chi connectivity index (χ1v) is 3.70. The normalized spacial score (nSPS) is 15.5. The van der Waals surface area contributed by atoms with Crippen LogP contribution in [0.15, 0.2) is 48.8 Å². The van der Waals surface area contributed by atoms with Crippen LogP contribution in [0.4, 0.5) is 0 Å². The van der Waals surface area contributed by atoms with Gasteiger partial charge in [-0.05, 0) is 18.6 Å². The molecule has 0 unspecified atom stereocenters. The standard InChI is InChI=1S/C10H12O/c1-2-9-11-10-7-5-3-4-6-8-10/h2-3,5-8H,1,4,9H2. The zero-order valence-corrected chi connectivity index (χ0v) is 6.49. The Morgan fingerprint density at radius 3 is 3.27 bits per heavy atom. The van der Waals surface area contributed by atoms with Gasteiger partial charge in [0.05, 0.1) is 0 Å². The van der Waals surface area contributed by atoms with Crippen LogP contribution in [-0.4, -0.2) is 6.61 Å². The largest absolute Gasteiger partial charge is 0.490 e. The molecule has 0 heterocycles. The molecule has 0 N–H and O–H groups in total. The molecule has 11 heavy (non-hydrogen) atoms. The average Bonchev–Trinajstić information content (AvgIpc) is 2.28. The smallest absolute Gasteiger partial charge is 0.119 e. The van der Waals surface area contributed by atoms with E-state index in [4.69, 9.17) is 4.74 Å². The molecular formula is C10H12O. The summed E-state index contributed by atoms with van der Waals surface area (Å²) in [5.41, 5.74) is 0. The Labute approximate surface area is 67.4 Å². The van der Waals surface area contributed by atoms with E-state index in [1.165, 1.54) is 0 Å². The van der Waals surface area contributed by atoms with Crippen molar-refractivity contribution in [2.45, 2.75) is 6.42 Å². The van der Waals surface area contributed by atoms with E-state index >= 15 is 0 Å². The van der Waals surface area contributed by atoms with Gasteiger partial charge in [-0.3, -0.25) is 0 Å². The zero-order chi connectivity index (χ0) is 7.94. The number of hydrogen-bond donors (Lipinski definition) is 0. The first-order chi connectivity index (χ1) is 5.43. The van der Waals surface area contributed by atoms with Gasteiger partial charge in [-0.15, -0.1) is 0 Å². The van der Waals surface area contributed by atoms with E-state index in [1.807, 2.05) is 18.2 Å². The number of hydrogen-bond acceptors (Lipinski definition) is 1. The van der Waals surface area contributed by atoms with E-state index in [-0.39, 0.29) is 0 Å². The Hall–Kier alpha value is -1.24. The molecule has 1 aliphatic rings. The molecule has 0 saturated heterocycles. The Balaban J connectivity index is 2.48. The van der Waals surface area contributed by atoms with Gasteiger partial charge in [-0.25, -0.2) is 0 Å². The summed E-state index contributed by atoms with van der Waals surface area (Å²) < 4.78 is 5.32. The van der Waals surface area contributed by atoms with Gasteiger partial charge < -0.3 is 4.74 Å². The second-order valence-electron chi connectivity index (χ2n) is 2.23. The molecule has 58 valence electrons. The molecule has 0 bridgehead atoms. The van der Waals surface area contributed by atoms with Crippen LogP contribution in [0.1, 0.15) is 6.42 Å². The third-order valence-corrected chi connectivity index (χ3v) is 1.32. The van der Waals surface area contributed by atoms with E-state index in [9.17, 15) is 0 Å². The van der Waals surface area contributed by atoms with Crippen LogP contribution in [0, 0.1) is 0 Å². The lowest BCUT2D eigenvalue weighted by Crippen LogP contribution is -1.87. The fourth-order valence-corrected chi connectivity index (χ4v) is 0.811. The lowest BCUT2D eigenvalue weighted by molar-refractivity contribution is 0.262. The molecule has 0 spiro atoms. The molecule has 0 radical (unpaired) electrons. The molecule has 0 fully saturated rings. The van der Waals surface area contributed by atoms with Crippen LogP contribution in [0.3, 0.4) is 0 Å². The lowest BCUT2D eigenvalue weighted by atomic mass is 10.4. The SMILES string of the molecule is C=CCOC1=CC=CCC=C1. The van der Waals surface area contributed by atoms with Gasteiger partial charge in [0, 0.05) is 0 Å². The van der Waals surface area contributed by atoms with Crippen LogP contribution >= 0.6 is 0 Å². The summed E-state index contributed by atoms with van der Waals surface area (Å²) in [7, 11) is 0. The number of rotatable bonds is 3. The highest BCUT2D eigenvalue weighted by atomic mass is 16.5. The monoisotopic (exact) mass is 148 g/mol. The van der Waals surface area contributed by atoms with Crippen molar-refractivity contribution in [3.63, 3.8) is 0 Å². The summed E-state index contributed by atoms with van der Waals surface area (Å²) in [5, 5.41) is 0. The topological polar surface area (TPSA) is 9.23 Å². The maximum absolute atomic E-state index is 5.32. The quantitative estimate of drug-likeness (QED) is 0.559. The molecule has 0 aromatic carbocycles. The minimum absolute atomic E-state index is 0.573. The van der Waals surface area contributed by atoms with Crippen LogP contribution in [0.25, 0.3) is 0 Å². The highest BCUT2D eigenvalue weighted by Crippen LogP contribution is 2.05. The summed E-state index contributed by atoms with van der Waals surface area (Å²) in [6.07, 6.45) is 12.8. The molecule has 1 rings (SSSR count). The van der Waals surface area contributed by atoms with Crippen molar-refractivity contribution in [3.05, 3.63) is 48.8 Å². The Morgan fingerprint density at radius 1 is 1.55 bits per heavy atom. The van der Waals surface area contributed by atoms with Gasteiger partial charge in [0.15, 0.2) is 0 Å². The average molecular weight is 148 g/mol. The molecule has 1 aliphatic carbocycles. The van der Waals surface area contributed by atoms with Gasteiger partial charge in [0.2, 0.25) is 0 Å². The van der Waals surface area contributed by atoms with E-state index in [0.29, 0.717) is 6.61 Å². The summed E-state index contributed by atoms with van der Waals surface area (Å²) in [6.45, 7) is 4.15. The van der Waals surface area contributed by atoms with Crippen LogP contribution < -0.4 is 0 Å². The summed E-state index contributed by atoms with van der Waals surface area (Å²) in [6, 6.07) is 0. The fraction of sp³-hybridized carbons (Fsp3) is 0.200. The van der Waals surface area contributed by atoms with Crippen molar-refractivity contribution in [1.82, 2.24) is 0 Å². The van der Waals surface area contributed by atoms with Crippen molar-refractivity contribution >= 4 is 0 Å². The fourth-order valence-electron chi connectivity index (χ4n) is 0.811. The highest BCUT2D eigenvalue weighted by molar-refractivity contribution is 5.22. The van der Waals surface area contributed by atoms with Crippen molar-refractivity contribution in [1.29, 1.82) is 0 Å². The summed E-state index contributed by atoms with van der Waals surface area (Å²) >= 11 is 0. The Bertz CT molecular complexity index is 209. The lowest BCUT2D eigenvalue weighted by Gasteiger charge is -2.00. The second-order valence-corrected chi connectivity index (χ2v) is 2.23. The van der Waals surface area contributed by atoms with Gasteiger partial charge in [-0.1, -0.05) is 30.9 Å². The van der Waals surface area contributed by atoms with Crippen molar-refractivity contribution in [3.8, 4) is 0 Å². The highest BCUT2D eigenvalue weighted by Gasteiger charge is 1.90. The Kier molecular flexibility index (Phi) is 3.26. The van der Waals surface area contributed by atoms with E-state index in [1.54, 1.807) is 6.08 Å². The molecule has 0 atom stereocenters. The first kappa shape index (κ1) is 7.86. The molecule has 1 nitrogen and oxygen atoms in total. The number of ether oxygens (including phenoxy) is 1. The predicted octanol–water partition coefficient (Wildman–Crippen LogP) is 2.59. The number of allylic oxidation sites excluding steroid dienone is 5. The third kappa shape index (κ3) is 2.89. The molecule has 0 saturated carbocycles. The minimum Gasteiger partial charge on any atom is -0.490 e. The van der Waals surface area contributed by atoms with E-state index in [2.05, 4.69) is 18.7 Å².